The monoisotopic (exact) mass is 422 g/mol. The summed E-state index contributed by atoms with van der Waals surface area (Å²) < 4.78 is 50.2. The van der Waals surface area contributed by atoms with Crippen LogP contribution in [0.25, 0.3) is 10.8 Å². The summed E-state index contributed by atoms with van der Waals surface area (Å²) in [6.07, 6.45) is -1.93. The molecule has 2 aromatic rings. The molecule has 0 heterocycles. The Morgan fingerprint density at radius 1 is 1.13 bits per heavy atom. The second-order valence-electron chi connectivity index (χ2n) is 8.16. The molecular weight excluding hydrogens is 397 g/mol. The highest BCUT2D eigenvalue weighted by Gasteiger charge is 2.52. The Morgan fingerprint density at radius 3 is 2.33 bits per heavy atom. The first-order valence-corrected chi connectivity index (χ1v) is 9.79. The number of benzene rings is 2. The standard InChI is InChI=1S/C23H25F3O4/c1-15(2)20(27)30-19-9-7-16-12-18(8-6-17(16)13-19)22(10-4-5-11-22)29-14-21(3,28)23(24,25)26/h6-9,12-13,28H,1,4-5,10-11,14H2,2-3H3. The number of carbonyl (C=O) groups is 1. The van der Waals surface area contributed by atoms with E-state index in [1.165, 1.54) is 0 Å². The number of halogens is 3. The van der Waals surface area contributed by atoms with E-state index in [2.05, 4.69) is 6.58 Å². The third-order valence-electron chi connectivity index (χ3n) is 5.55. The lowest BCUT2D eigenvalue weighted by Crippen LogP contribution is -2.48. The third kappa shape index (κ3) is 4.52. The second-order valence-corrected chi connectivity index (χ2v) is 8.16. The number of hydrogen-bond acceptors (Lipinski definition) is 4. The van der Waals surface area contributed by atoms with Crippen molar-refractivity contribution in [2.75, 3.05) is 6.61 Å². The zero-order valence-corrected chi connectivity index (χ0v) is 17.0. The Morgan fingerprint density at radius 2 is 1.73 bits per heavy atom. The van der Waals surface area contributed by atoms with Gasteiger partial charge in [-0.05, 0) is 61.2 Å². The van der Waals surface area contributed by atoms with Gasteiger partial charge < -0.3 is 14.6 Å². The summed E-state index contributed by atoms with van der Waals surface area (Å²) in [6, 6.07) is 10.7. The van der Waals surface area contributed by atoms with Gasteiger partial charge in [-0.15, -0.1) is 0 Å². The van der Waals surface area contributed by atoms with Gasteiger partial charge >= 0.3 is 12.1 Å². The van der Waals surface area contributed by atoms with E-state index in [0.717, 1.165) is 36.1 Å². The van der Waals surface area contributed by atoms with Gasteiger partial charge in [-0.2, -0.15) is 13.2 Å². The fourth-order valence-electron chi connectivity index (χ4n) is 3.59. The summed E-state index contributed by atoms with van der Waals surface area (Å²) in [5.74, 6) is -0.128. The number of fused-ring (bicyclic) bond motifs is 1. The molecule has 0 aliphatic heterocycles. The van der Waals surface area contributed by atoms with Gasteiger partial charge in [-0.1, -0.05) is 37.6 Å². The summed E-state index contributed by atoms with van der Waals surface area (Å²) in [7, 11) is 0. The van der Waals surface area contributed by atoms with Gasteiger partial charge in [0.15, 0.2) is 5.60 Å². The van der Waals surface area contributed by atoms with Gasteiger partial charge in [0.25, 0.3) is 0 Å². The molecule has 3 rings (SSSR count). The Labute approximate surface area is 173 Å². The van der Waals surface area contributed by atoms with Crippen LogP contribution in [0.3, 0.4) is 0 Å². The first-order valence-electron chi connectivity index (χ1n) is 9.79. The number of hydrogen-bond donors (Lipinski definition) is 1. The van der Waals surface area contributed by atoms with E-state index in [9.17, 15) is 23.1 Å². The van der Waals surface area contributed by atoms with Crippen LogP contribution in [0.15, 0.2) is 48.6 Å². The van der Waals surface area contributed by atoms with Crippen molar-refractivity contribution in [3.05, 3.63) is 54.1 Å². The fourth-order valence-corrected chi connectivity index (χ4v) is 3.59. The zero-order valence-electron chi connectivity index (χ0n) is 17.0. The summed E-state index contributed by atoms with van der Waals surface area (Å²) in [4.78, 5) is 11.7. The molecule has 30 heavy (non-hydrogen) atoms. The van der Waals surface area contributed by atoms with Crippen LogP contribution in [0, 0.1) is 0 Å². The minimum atomic E-state index is -4.77. The van der Waals surface area contributed by atoms with Crippen molar-refractivity contribution in [1.82, 2.24) is 0 Å². The molecule has 1 aliphatic rings. The maximum Gasteiger partial charge on any atom is 0.419 e. The van der Waals surface area contributed by atoms with E-state index in [1.807, 2.05) is 18.2 Å². The average molecular weight is 422 g/mol. The van der Waals surface area contributed by atoms with Gasteiger partial charge in [0.1, 0.15) is 5.75 Å². The summed E-state index contributed by atoms with van der Waals surface area (Å²) >= 11 is 0. The quantitative estimate of drug-likeness (QED) is 0.384. The summed E-state index contributed by atoms with van der Waals surface area (Å²) in [6.45, 7) is 5.01. The molecule has 1 saturated carbocycles. The summed E-state index contributed by atoms with van der Waals surface area (Å²) in [5, 5.41) is 11.5. The van der Waals surface area contributed by atoms with Crippen molar-refractivity contribution in [2.45, 2.75) is 56.9 Å². The van der Waals surface area contributed by atoms with Crippen molar-refractivity contribution in [1.29, 1.82) is 0 Å². The molecule has 1 unspecified atom stereocenters. The van der Waals surface area contributed by atoms with Gasteiger partial charge in [0, 0.05) is 5.57 Å². The van der Waals surface area contributed by atoms with Crippen molar-refractivity contribution < 1.29 is 32.5 Å². The van der Waals surface area contributed by atoms with Gasteiger partial charge in [0.2, 0.25) is 0 Å². The highest BCUT2D eigenvalue weighted by atomic mass is 19.4. The van der Waals surface area contributed by atoms with Crippen molar-refractivity contribution in [3.63, 3.8) is 0 Å². The molecule has 1 fully saturated rings. The second kappa shape index (κ2) is 8.04. The first-order chi connectivity index (χ1) is 13.9. The Hall–Kier alpha value is -2.38. The van der Waals surface area contributed by atoms with E-state index in [0.29, 0.717) is 24.2 Å². The number of carbonyl (C=O) groups excluding carboxylic acids is 1. The number of ether oxygens (including phenoxy) is 2. The Bertz CT molecular complexity index is 957. The van der Waals surface area contributed by atoms with Crippen molar-refractivity contribution in [2.24, 2.45) is 0 Å². The molecule has 2 aromatic carbocycles. The largest absolute Gasteiger partial charge is 0.423 e. The average Bonchev–Trinajstić information content (AvgIpc) is 3.15. The maximum absolute atomic E-state index is 13.0. The number of alkyl halides is 3. The molecule has 1 aliphatic carbocycles. The van der Waals surface area contributed by atoms with E-state index >= 15 is 0 Å². The van der Waals surface area contributed by atoms with Crippen LogP contribution in [0.2, 0.25) is 0 Å². The highest BCUT2D eigenvalue weighted by Crippen LogP contribution is 2.44. The number of rotatable bonds is 6. The lowest BCUT2D eigenvalue weighted by atomic mass is 9.89. The lowest BCUT2D eigenvalue weighted by molar-refractivity contribution is -0.278. The molecule has 7 heteroatoms. The van der Waals surface area contributed by atoms with E-state index < -0.39 is 30.0 Å². The predicted octanol–water partition coefficient (Wildman–Crippen LogP) is 5.42. The number of aliphatic hydroxyl groups is 1. The molecule has 0 amide bonds. The minimum Gasteiger partial charge on any atom is -0.423 e. The van der Waals surface area contributed by atoms with Gasteiger partial charge in [0.05, 0.1) is 12.2 Å². The van der Waals surface area contributed by atoms with Crippen LogP contribution in [-0.2, 0) is 15.1 Å². The van der Waals surface area contributed by atoms with Crippen LogP contribution >= 0.6 is 0 Å². The first kappa shape index (κ1) is 22.3. The topological polar surface area (TPSA) is 55.8 Å². The van der Waals surface area contributed by atoms with Crippen molar-refractivity contribution >= 4 is 16.7 Å². The van der Waals surface area contributed by atoms with Gasteiger partial charge in [-0.25, -0.2) is 4.79 Å². The van der Waals surface area contributed by atoms with Crippen LogP contribution < -0.4 is 4.74 Å². The lowest BCUT2D eigenvalue weighted by Gasteiger charge is -2.35. The van der Waals surface area contributed by atoms with E-state index in [1.54, 1.807) is 25.1 Å². The molecule has 4 nitrogen and oxygen atoms in total. The normalized spacial score (nSPS) is 18.2. The van der Waals surface area contributed by atoms with Crippen LogP contribution in [0.5, 0.6) is 5.75 Å². The zero-order chi connectivity index (χ0) is 22.2. The highest BCUT2D eigenvalue weighted by molar-refractivity contribution is 5.90. The predicted molar refractivity (Wildman–Crippen MR) is 107 cm³/mol. The molecule has 0 saturated heterocycles. The molecule has 1 N–H and O–H groups in total. The van der Waals surface area contributed by atoms with Crippen LogP contribution in [0.4, 0.5) is 13.2 Å². The van der Waals surface area contributed by atoms with E-state index in [4.69, 9.17) is 9.47 Å². The summed E-state index contributed by atoms with van der Waals surface area (Å²) in [5.41, 5.74) is -2.71. The smallest absolute Gasteiger partial charge is 0.419 e. The van der Waals surface area contributed by atoms with Crippen molar-refractivity contribution in [3.8, 4) is 5.75 Å². The SMILES string of the molecule is C=C(C)C(=O)Oc1ccc2cc(C3(OCC(C)(O)C(F)(F)F)CCCC3)ccc2c1. The molecule has 0 bridgehead atoms. The molecule has 0 radical (unpaired) electrons. The number of esters is 1. The molecule has 0 spiro atoms. The molecule has 1 atom stereocenters. The minimum absolute atomic E-state index is 0.292. The fraction of sp³-hybridized carbons (Fsp3) is 0.435. The maximum atomic E-state index is 13.0. The third-order valence-corrected chi connectivity index (χ3v) is 5.55. The van der Waals surface area contributed by atoms with Crippen LogP contribution in [0.1, 0.15) is 45.1 Å². The Balaban J connectivity index is 1.87. The Kier molecular flexibility index (Phi) is 5.98. The van der Waals surface area contributed by atoms with Gasteiger partial charge in [-0.3, -0.25) is 0 Å². The molecule has 162 valence electrons. The molecule has 0 aromatic heterocycles. The molecular formula is C23H25F3O4. The van der Waals surface area contributed by atoms with E-state index in [-0.39, 0.29) is 0 Å². The van der Waals surface area contributed by atoms with Crippen LogP contribution in [-0.4, -0.2) is 29.5 Å².